The number of rotatable bonds is 4. The minimum atomic E-state index is 0.508. The van der Waals surface area contributed by atoms with Gasteiger partial charge in [-0.25, -0.2) is 0 Å². The number of allylic oxidation sites excluding steroid dienone is 2. The Balaban J connectivity index is 2.98. The highest BCUT2D eigenvalue weighted by molar-refractivity contribution is 5.56. The average Bonchev–Trinajstić information content (AvgIpc) is 2.64. The Morgan fingerprint density at radius 2 is 1.93 bits per heavy atom. The summed E-state index contributed by atoms with van der Waals surface area (Å²) in [5.41, 5.74) is 3.73. The van der Waals surface area contributed by atoms with Gasteiger partial charge in [-0.1, -0.05) is 34.3 Å². The minimum absolute atomic E-state index is 0.508. The molecular weight excluding hydrogens is 182 g/mol. The molecule has 1 heteroatoms. The standard InChI is InChI=1S/C14H21N/c1-10(2)12(5)14(11(3)4)9-13-7-6-8-15-13/h6-11,15H,5H2,1-4H3/b14-9-. The van der Waals surface area contributed by atoms with Crippen molar-refractivity contribution in [3.8, 4) is 0 Å². The van der Waals surface area contributed by atoms with Crippen LogP contribution >= 0.6 is 0 Å². The Morgan fingerprint density at radius 3 is 2.33 bits per heavy atom. The molecule has 82 valence electrons. The molecule has 1 N–H and O–H groups in total. The monoisotopic (exact) mass is 203 g/mol. The second-order valence-electron chi connectivity index (χ2n) is 4.56. The van der Waals surface area contributed by atoms with E-state index in [-0.39, 0.29) is 0 Å². The molecule has 0 aliphatic heterocycles. The summed E-state index contributed by atoms with van der Waals surface area (Å²) >= 11 is 0. The van der Waals surface area contributed by atoms with Crippen LogP contribution in [-0.4, -0.2) is 4.98 Å². The molecule has 0 aliphatic rings. The molecule has 1 aromatic rings. The van der Waals surface area contributed by atoms with Crippen molar-refractivity contribution in [1.29, 1.82) is 0 Å². The van der Waals surface area contributed by atoms with Crippen LogP contribution in [-0.2, 0) is 0 Å². The molecule has 0 saturated carbocycles. The maximum atomic E-state index is 4.17. The number of nitrogens with one attached hydrogen (secondary N) is 1. The molecule has 0 radical (unpaired) electrons. The molecule has 1 rings (SSSR count). The summed E-state index contributed by atoms with van der Waals surface area (Å²) in [5.74, 6) is 1.02. The van der Waals surface area contributed by atoms with Crippen LogP contribution in [0.2, 0.25) is 0 Å². The van der Waals surface area contributed by atoms with Crippen LogP contribution in [0.1, 0.15) is 33.4 Å². The van der Waals surface area contributed by atoms with Gasteiger partial charge in [-0.15, -0.1) is 0 Å². The third-order valence-corrected chi connectivity index (χ3v) is 2.62. The van der Waals surface area contributed by atoms with Crippen molar-refractivity contribution in [3.05, 3.63) is 41.7 Å². The van der Waals surface area contributed by atoms with Gasteiger partial charge in [0, 0.05) is 11.9 Å². The highest BCUT2D eigenvalue weighted by Crippen LogP contribution is 2.26. The number of hydrogen-bond donors (Lipinski definition) is 1. The lowest BCUT2D eigenvalue weighted by atomic mass is 9.88. The smallest absolute Gasteiger partial charge is 0.0383 e. The quantitative estimate of drug-likeness (QED) is 0.703. The highest BCUT2D eigenvalue weighted by Gasteiger charge is 2.10. The lowest BCUT2D eigenvalue weighted by molar-refractivity contribution is 0.709. The highest BCUT2D eigenvalue weighted by atomic mass is 14.7. The fourth-order valence-corrected chi connectivity index (χ4v) is 1.57. The predicted molar refractivity (Wildman–Crippen MR) is 67.6 cm³/mol. The van der Waals surface area contributed by atoms with E-state index in [9.17, 15) is 0 Å². The summed E-state index contributed by atoms with van der Waals surface area (Å²) in [4.78, 5) is 3.20. The summed E-state index contributed by atoms with van der Waals surface area (Å²) in [6.45, 7) is 13.0. The molecule has 0 fully saturated rings. The minimum Gasteiger partial charge on any atom is -0.362 e. The van der Waals surface area contributed by atoms with Gasteiger partial charge in [0.2, 0.25) is 0 Å². The van der Waals surface area contributed by atoms with Crippen molar-refractivity contribution >= 4 is 6.08 Å². The van der Waals surface area contributed by atoms with E-state index in [0.717, 1.165) is 5.69 Å². The van der Waals surface area contributed by atoms with Gasteiger partial charge in [-0.3, -0.25) is 0 Å². The van der Waals surface area contributed by atoms with E-state index in [1.165, 1.54) is 11.1 Å². The fraction of sp³-hybridized carbons (Fsp3) is 0.429. The van der Waals surface area contributed by atoms with E-state index in [1.54, 1.807) is 0 Å². The van der Waals surface area contributed by atoms with E-state index >= 15 is 0 Å². The lowest BCUT2D eigenvalue weighted by Crippen LogP contribution is -2.02. The van der Waals surface area contributed by atoms with E-state index in [2.05, 4.69) is 51.4 Å². The topological polar surface area (TPSA) is 15.8 Å². The molecule has 0 bridgehead atoms. The van der Waals surface area contributed by atoms with Crippen LogP contribution in [0.15, 0.2) is 36.1 Å². The molecule has 0 atom stereocenters. The van der Waals surface area contributed by atoms with Gasteiger partial charge in [-0.05, 0) is 41.2 Å². The second kappa shape index (κ2) is 5.01. The Bertz CT molecular complexity index is 339. The maximum Gasteiger partial charge on any atom is 0.0383 e. The number of H-pyrrole nitrogens is 1. The maximum absolute atomic E-state index is 4.17. The van der Waals surface area contributed by atoms with Gasteiger partial charge in [0.15, 0.2) is 0 Å². The molecule has 0 amide bonds. The number of hydrogen-bond acceptors (Lipinski definition) is 0. The van der Waals surface area contributed by atoms with Crippen molar-refractivity contribution in [1.82, 2.24) is 4.98 Å². The third-order valence-electron chi connectivity index (χ3n) is 2.62. The van der Waals surface area contributed by atoms with E-state index in [4.69, 9.17) is 0 Å². The molecule has 0 aromatic carbocycles. The van der Waals surface area contributed by atoms with Crippen LogP contribution < -0.4 is 0 Å². The summed E-state index contributed by atoms with van der Waals surface area (Å²) in [7, 11) is 0. The first kappa shape index (κ1) is 11.8. The first-order valence-corrected chi connectivity index (χ1v) is 5.56. The number of aromatic nitrogens is 1. The van der Waals surface area contributed by atoms with Crippen LogP contribution in [0.4, 0.5) is 0 Å². The SMILES string of the molecule is C=C(/C(=C\c1ccc[nH]1)C(C)C)C(C)C. The summed E-state index contributed by atoms with van der Waals surface area (Å²) < 4.78 is 0. The van der Waals surface area contributed by atoms with Gasteiger partial charge in [0.25, 0.3) is 0 Å². The van der Waals surface area contributed by atoms with Gasteiger partial charge in [-0.2, -0.15) is 0 Å². The van der Waals surface area contributed by atoms with Crippen molar-refractivity contribution < 1.29 is 0 Å². The first-order valence-electron chi connectivity index (χ1n) is 5.56. The van der Waals surface area contributed by atoms with Crippen LogP contribution in [0.3, 0.4) is 0 Å². The average molecular weight is 203 g/mol. The Hall–Kier alpha value is -1.24. The van der Waals surface area contributed by atoms with Crippen molar-refractivity contribution in [3.63, 3.8) is 0 Å². The van der Waals surface area contributed by atoms with Gasteiger partial charge >= 0.3 is 0 Å². The predicted octanol–water partition coefficient (Wildman–Crippen LogP) is 4.27. The second-order valence-corrected chi connectivity index (χ2v) is 4.56. The molecule has 0 saturated heterocycles. The molecule has 1 aromatic heterocycles. The molecule has 15 heavy (non-hydrogen) atoms. The lowest BCUT2D eigenvalue weighted by Gasteiger charge is -2.17. The van der Waals surface area contributed by atoms with Crippen LogP contribution in [0.5, 0.6) is 0 Å². The number of aromatic amines is 1. The van der Waals surface area contributed by atoms with Gasteiger partial charge < -0.3 is 4.98 Å². The molecule has 0 unspecified atom stereocenters. The molecule has 0 spiro atoms. The largest absolute Gasteiger partial charge is 0.362 e. The normalized spacial score (nSPS) is 12.5. The van der Waals surface area contributed by atoms with Gasteiger partial charge in [0.05, 0.1) is 0 Å². The Morgan fingerprint density at radius 1 is 1.27 bits per heavy atom. The molecule has 1 heterocycles. The Labute approximate surface area is 92.9 Å². The molecule has 1 nitrogen and oxygen atoms in total. The van der Waals surface area contributed by atoms with E-state index in [0.29, 0.717) is 11.8 Å². The van der Waals surface area contributed by atoms with Gasteiger partial charge in [0.1, 0.15) is 0 Å². The summed E-state index contributed by atoms with van der Waals surface area (Å²) in [5, 5.41) is 0. The zero-order valence-electron chi connectivity index (χ0n) is 10.2. The zero-order valence-corrected chi connectivity index (χ0v) is 10.2. The van der Waals surface area contributed by atoms with Crippen LogP contribution in [0, 0.1) is 11.8 Å². The third kappa shape index (κ3) is 3.12. The Kier molecular flexibility index (Phi) is 3.96. The van der Waals surface area contributed by atoms with Crippen molar-refractivity contribution in [2.45, 2.75) is 27.7 Å². The molecular formula is C14H21N. The zero-order chi connectivity index (χ0) is 11.4. The summed E-state index contributed by atoms with van der Waals surface area (Å²) in [6.07, 6.45) is 4.15. The van der Waals surface area contributed by atoms with E-state index in [1.807, 2.05) is 12.3 Å². The van der Waals surface area contributed by atoms with Crippen molar-refractivity contribution in [2.75, 3.05) is 0 Å². The van der Waals surface area contributed by atoms with E-state index < -0.39 is 0 Å². The van der Waals surface area contributed by atoms with Crippen molar-refractivity contribution in [2.24, 2.45) is 11.8 Å². The van der Waals surface area contributed by atoms with Crippen LogP contribution in [0.25, 0.3) is 6.08 Å². The fourth-order valence-electron chi connectivity index (χ4n) is 1.57. The summed E-state index contributed by atoms with van der Waals surface area (Å²) in [6, 6.07) is 4.10. The molecule has 0 aliphatic carbocycles. The first-order chi connectivity index (χ1) is 7.02.